The molecule has 1 aromatic heterocycles. The molecule has 0 spiro atoms. The normalized spacial score (nSPS) is 17.2. The number of carbonyl (C=O) groups is 1. The molecule has 1 N–H and O–H groups in total. The van der Waals surface area contributed by atoms with Gasteiger partial charge in [-0.05, 0) is 31.1 Å². The second-order valence-electron chi connectivity index (χ2n) is 4.27. The summed E-state index contributed by atoms with van der Waals surface area (Å²) < 4.78 is 0. The van der Waals surface area contributed by atoms with Crippen molar-refractivity contribution in [3.8, 4) is 0 Å². The van der Waals surface area contributed by atoms with Gasteiger partial charge in [0, 0.05) is 23.9 Å². The van der Waals surface area contributed by atoms with Crippen LogP contribution in [-0.2, 0) is 10.2 Å². The van der Waals surface area contributed by atoms with Crippen LogP contribution in [-0.4, -0.2) is 17.4 Å². The first-order chi connectivity index (χ1) is 7.77. The second kappa shape index (κ2) is 4.47. The van der Waals surface area contributed by atoms with Gasteiger partial charge >= 0.3 is 0 Å². The molecule has 3 nitrogen and oxygen atoms in total. The standard InChI is InChI=1S/C13H16N2O/c1-2-12(16)15-10-13(7-5-8-13)11-6-3-4-9-14-11/h2-4,6,9H,1,5,7-8,10H2,(H,15,16). The molecular formula is C13H16N2O. The van der Waals surface area contributed by atoms with E-state index < -0.39 is 0 Å². The molecule has 1 aliphatic rings. The van der Waals surface area contributed by atoms with E-state index in [1.807, 2.05) is 24.4 Å². The van der Waals surface area contributed by atoms with Gasteiger partial charge in [0.15, 0.2) is 0 Å². The fraction of sp³-hybridized carbons (Fsp3) is 0.385. The molecule has 0 aromatic carbocycles. The number of hydrogen-bond donors (Lipinski definition) is 1. The molecule has 0 saturated heterocycles. The van der Waals surface area contributed by atoms with Crippen molar-refractivity contribution in [1.82, 2.24) is 10.3 Å². The molecule has 1 heterocycles. The van der Waals surface area contributed by atoms with Gasteiger partial charge in [0.2, 0.25) is 5.91 Å². The lowest BCUT2D eigenvalue weighted by atomic mass is 9.66. The molecule has 3 heteroatoms. The number of amides is 1. The minimum absolute atomic E-state index is 0.0555. The predicted molar refractivity (Wildman–Crippen MR) is 63.0 cm³/mol. The van der Waals surface area contributed by atoms with E-state index in [1.54, 1.807) is 0 Å². The van der Waals surface area contributed by atoms with Crippen molar-refractivity contribution in [2.45, 2.75) is 24.7 Å². The van der Waals surface area contributed by atoms with Crippen LogP contribution < -0.4 is 5.32 Å². The quantitative estimate of drug-likeness (QED) is 0.780. The molecule has 1 aromatic rings. The van der Waals surface area contributed by atoms with Crippen LogP contribution in [0.4, 0.5) is 0 Å². The summed E-state index contributed by atoms with van der Waals surface area (Å²) in [5.74, 6) is -0.109. The molecule has 1 saturated carbocycles. The molecule has 0 aliphatic heterocycles. The average molecular weight is 216 g/mol. The zero-order chi connectivity index (χ0) is 11.4. The maximum atomic E-state index is 11.2. The molecule has 0 atom stereocenters. The largest absolute Gasteiger partial charge is 0.352 e. The maximum Gasteiger partial charge on any atom is 0.243 e. The lowest BCUT2D eigenvalue weighted by Gasteiger charge is -2.41. The van der Waals surface area contributed by atoms with Gasteiger partial charge in [0.1, 0.15) is 0 Å². The second-order valence-corrected chi connectivity index (χ2v) is 4.27. The monoisotopic (exact) mass is 216 g/mol. The molecular weight excluding hydrogens is 200 g/mol. The molecule has 1 fully saturated rings. The minimum atomic E-state index is -0.109. The molecule has 16 heavy (non-hydrogen) atoms. The van der Waals surface area contributed by atoms with Gasteiger partial charge in [-0.2, -0.15) is 0 Å². The van der Waals surface area contributed by atoms with E-state index >= 15 is 0 Å². The highest BCUT2D eigenvalue weighted by atomic mass is 16.1. The van der Waals surface area contributed by atoms with Crippen molar-refractivity contribution < 1.29 is 4.79 Å². The Bertz CT molecular complexity index is 382. The topological polar surface area (TPSA) is 42.0 Å². The van der Waals surface area contributed by atoms with Gasteiger partial charge < -0.3 is 5.32 Å². The van der Waals surface area contributed by atoms with Crippen LogP contribution in [0.5, 0.6) is 0 Å². The van der Waals surface area contributed by atoms with Crippen LogP contribution in [0.2, 0.25) is 0 Å². The molecule has 0 radical (unpaired) electrons. The van der Waals surface area contributed by atoms with E-state index in [-0.39, 0.29) is 11.3 Å². The summed E-state index contributed by atoms with van der Waals surface area (Å²) in [6.45, 7) is 4.11. The number of nitrogens with zero attached hydrogens (tertiary/aromatic N) is 1. The minimum Gasteiger partial charge on any atom is -0.352 e. The van der Waals surface area contributed by atoms with E-state index in [0.717, 1.165) is 18.5 Å². The summed E-state index contributed by atoms with van der Waals surface area (Å²) in [6.07, 6.45) is 6.53. The van der Waals surface area contributed by atoms with Crippen molar-refractivity contribution in [1.29, 1.82) is 0 Å². The summed E-state index contributed by atoms with van der Waals surface area (Å²) in [5, 5.41) is 2.88. The first kappa shape index (κ1) is 10.9. The molecule has 84 valence electrons. The molecule has 0 bridgehead atoms. The Labute approximate surface area is 95.6 Å². The van der Waals surface area contributed by atoms with Crippen molar-refractivity contribution in [2.24, 2.45) is 0 Å². The van der Waals surface area contributed by atoms with Gasteiger partial charge in [0.05, 0.1) is 0 Å². The third kappa shape index (κ3) is 1.98. The van der Waals surface area contributed by atoms with Crippen molar-refractivity contribution in [3.05, 3.63) is 42.7 Å². The lowest BCUT2D eigenvalue weighted by molar-refractivity contribution is -0.116. The van der Waals surface area contributed by atoms with Crippen molar-refractivity contribution in [2.75, 3.05) is 6.54 Å². The van der Waals surface area contributed by atoms with Crippen molar-refractivity contribution >= 4 is 5.91 Å². The Morgan fingerprint density at radius 2 is 2.38 bits per heavy atom. The Kier molecular flexibility index (Phi) is 3.04. The molecule has 0 unspecified atom stereocenters. The van der Waals surface area contributed by atoms with Crippen molar-refractivity contribution in [3.63, 3.8) is 0 Å². The number of carbonyl (C=O) groups excluding carboxylic acids is 1. The highest BCUT2D eigenvalue weighted by molar-refractivity contribution is 5.86. The number of hydrogen-bond acceptors (Lipinski definition) is 2. The van der Waals surface area contributed by atoms with E-state index in [4.69, 9.17) is 0 Å². The Balaban J connectivity index is 2.08. The number of rotatable bonds is 4. The molecule has 2 rings (SSSR count). The van der Waals surface area contributed by atoms with Gasteiger partial charge in [-0.25, -0.2) is 0 Å². The Morgan fingerprint density at radius 3 is 2.88 bits per heavy atom. The zero-order valence-corrected chi connectivity index (χ0v) is 9.28. The van der Waals surface area contributed by atoms with Crippen LogP contribution in [0.25, 0.3) is 0 Å². The van der Waals surface area contributed by atoms with Crippen LogP contribution in [0, 0.1) is 0 Å². The highest BCUT2D eigenvalue weighted by Crippen LogP contribution is 2.42. The van der Waals surface area contributed by atoms with Crippen LogP contribution >= 0.6 is 0 Å². The number of nitrogens with one attached hydrogen (secondary N) is 1. The fourth-order valence-corrected chi connectivity index (χ4v) is 2.13. The van der Waals surface area contributed by atoms with Gasteiger partial charge in [0.25, 0.3) is 0 Å². The average Bonchev–Trinajstić information content (AvgIpc) is 2.29. The summed E-state index contributed by atoms with van der Waals surface area (Å²) in [4.78, 5) is 15.6. The van der Waals surface area contributed by atoms with Crippen LogP contribution in [0.1, 0.15) is 25.0 Å². The summed E-state index contributed by atoms with van der Waals surface area (Å²) in [5.41, 5.74) is 1.14. The zero-order valence-electron chi connectivity index (χ0n) is 9.28. The third-order valence-corrected chi connectivity index (χ3v) is 3.31. The summed E-state index contributed by atoms with van der Waals surface area (Å²) >= 11 is 0. The smallest absolute Gasteiger partial charge is 0.243 e. The lowest BCUT2D eigenvalue weighted by Crippen LogP contribution is -2.45. The summed E-state index contributed by atoms with van der Waals surface area (Å²) in [6, 6.07) is 5.95. The number of aromatic nitrogens is 1. The first-order valence-corrected chi connectivity index (χ1v) is 5.59. The van der Waals surface area contributed by atoms with Crippen LogP contribution in [0.3, 0.4) is 0 Å². The Morgan fingerprint density at radius 1 is 1.56 bits per heavy atom. The van der Waals surface area contributed by atoms with Gasteiger partial charge in [-0.15, -0.1) is 0 Å². The van der Waals surface area contributed by atoms with Crippen LogP contribution in [0.15, 0.2) is 37.1 Å². The Hall–Kier alpha value is -1.64. The van der Waals surface area contributed by atoms with Gasteiger partial charge in [-0.1, -0.05) is 19.1 Å². The fourth-order valence-electron chi connectivity index (χ4n) is 2.13. The van der Waals surface area contributed by atoms with E-state index in [9.17, 15) is 4.79 Å². The van der Waals surface area contributed by atoms with Gasteiger partial charge in [-0.3, -0.25) is 9.78 Å². The molecule has 1 aliphatic carbocycles. The maximum absolute atomic E-state index is 11.2. The highest BCUT2D eigenvalue weighted by Gasteiger charge is 2.39. The summed E-state index contributed by atoms with van der Waals surface area (Å²) in [7, 11) is 0. The van der Waals surface area contributed by atoms with E-state index in [0.29, 0.717) is 6.54 Å². The predicted octanol–water partition coefficient (Wildman–Crippen LogP) is 1.81. The van der Waals surface area contributed by atoms with E-state index in [2.05, 4.69) is 16.9 Å². The third-order valence-electron chi connectivity index (χ3n) is 3.31. The number of pyridine rings is 1. The van der Waals surface area contributed by atoms with E-state index in [1.165, 1.54) is 12.5 Å². The first-order valence-electron chi connectivity index (χ1n) is 5.59. The molecule has 1 amide bonds. The SMILES string of the molecule is C=CC(=O)NCC1(c2ccccn2)CCC1.